The summed E-state index contributed by atoms with van der Waals surface area (Å²) in [5.41, 5.74) is 2.41. The molecule has 1 aliphatic heterocycles. The topological polar surface area (TPSA) is 37.2 Å². The quantitative estimate of drug-likeness (QED) is 0.484. The van der Waals surface area contributed by atoms with Gasteiger partial charge in [0.2, 0.25) is 0 Å². The highest BCUT2D eigenvalue weighted by atomic mass is 35.5. The van der Waals surface area contributed by atoms with E-state index in [-0.39, 0.29) is 0 Å². The molecule has 0 spiro atoms. The standard InChI is InChI=1S/C21H22ClN5S/c22-16-5-3-6-17(15-16)26-13-11-25(12-14-26)9-4-10-27-20-18-7-1-2-8-19(18)28-21(20)23-24-27/h1-3,5-8,15H,4,9-14H2. The average Bonchev–Trinajstić information content (AvgIpc) is 3.28. The van der Waals surface area contributed by atoms with Gasteiger partial charge < -0.3 is 4.90 Å². The number of hydrogen-bond donors (Lipinski definition) is 0. The molecule has 0 radical (unpaired) electrons. The second-order valence-electron chi connectivity index (χ2n) is 7.23. The molecule has 28 heavy (non-hydrogen) atoms. The Balaban J connectivity index is 1.18. The highest BCUT2D eigenvalue weighted by Crippen LogP contribution is 2.32. The fourth-order valence-corrected chi connectivity index (χ4v) is 5.18. The third kappa shape index (κ3) is 3.48. The molecule has 5 rings (SSSR count). The molecule has 0 amide bonds. The summed E-state index contributed by atoms with van der Waals surface area (Å²) in [6.45, 7) is 6.26. The van der Waals surface area contributed by atoms with E-state index in [1.165, 1.54) is 21.3 Å². The molecule has 144 valence electrons. The minimum absolute atomic E-state index is 0.806. The lowest BCUT2D eigenvalue weighted by atomic mass is 10.2. The number of aryl methyl sites for hydroxylation is 1. The van der Waals surface area contributed by atoms with Crippen molar-refractivity contribution in [3.8, 4) is 0 Å². The maximum atomic E-state index is 6.13. The van der Waals surface area contributed by atoms with E-state index in [0.717, 1.165) is 55.5 Å². The first-order valence-corrected chi connectivity index (χ1v) is 10.9. The van der Waals surface area contributed by atoms with Crippen molar-refractivity contribution in [2.45, 2.75) is 13.0 Å². The van der Waals surface area contributed by atoms with Crippen LogP contribution in [0.25, 0.3) is 20.4 Å². The minimum Gasteiger partial charge on any atom is -0.369 e. The summed E-state index contributed by atoms with van der Waals surface area (Å²) < 4.78 is 3.37. The Kier molecular flexibility index (Phi) is 4.93. The van der Waals surface area contributed by atoms with Gasteiger partial charge in [-0.05, 0) is 30.7 Å². The Bertz CT molecular complexity index is 1100. The lowest BCUT2D eigenvalue weighted by molar-refractivity contribution is 0.249. The lowest BCUT2D eigenvalue weighted by Crippen LogP contribution is -2.46. The number of thiophene rings is 1. The van der Waals surface area contributed by atoms with Crippen LogP contribution in [0.1, 0.15) is 6.42 Å². The number of aromatic nitrogens is 3. The van der Waals surface area contributed by atoms with E-state index in [1.807, 2.05) is 12.1 Å². The summed E-state index contributed by atoms with van der Waals surface area (Å²) in [6, 6.07) is 16.6. The molecule has 0 bridgehead atoms. The van der Waals surface area contributed by atoms with Gasteiger partial charge in [-0.25, -0.2) is 4.68 Å². The Labute approximate surface area is 173 Å². The van der Waals surface area contributed by atoms with Crippen LogP contribution in [0.3, 0.4) is 0 Å². The van der Waals surface area contributed by atoms with Crippen LogP contribution in [-0.4, -0.2) is 52.6 Å². The molecular weight excluding hydrogens is 390 g/mol. The zero-order chi connectivity index (χ0) is 18.9. The van der Waals surface area contributed by atoms with Gasteiger partial charge in [-0.3, -0.25) is 4.90 Å². The number of anilines is 1. The molecular formula is C21H22ClN5S. The van der Waals surface area contributed by atoms with Crippen LogP contribution in [0, 0.1) is 0 Å². The highest BCUT2D eigenvalue weighted by molar-refractivity contribution is 7.25. The van der Waals surface area contributed by atoms with Crippen LogP contribution in [-0.2, 0) is 6.54 Å². The summed E-state index contributed by atoms with van der Waals surface area (Å²) in [4.78, 5) is 6.00. The van der Waals surface area contributed by atoms with Crippen LogP contribution in [0.4, 0.5) is 5.69 Å². The Morgan fingerprint density at radius 1 is 0.964 bits per heavy atom. The largest absolute Gasteiger partial charge is 0.369 e. The fraction of sp³-hybridized carbons (Fsp3) is 0.333. The van der Waals surface area contributed by atoms with Crippen molar-refractivity contribution in [3.05, 3.63) is 53.6 Å². The fourth-order valence-electron chi connectivity index (χ4n) is 3.98. The SMILES string of the molecule is Clc1cccc(N2CCN(CCCn3nnc4sc5ccccc5c43)CC2)c1. The summed E-state index contributed by atoms with van der Waals surface area (Å²) in [5, 5.41) is 10.8. The number of fused-ring (bicyclic) bond motifs is 3. The normalized spacial score (nSPS) is 15.7. The second kappa shape index (κ2) is 7.70. The smallest absolute Gasteiger partial charge is 0.167 e. The molecule has 7 heteroatoms. The van der Waals surface area contributed by atoms with E-state index in [4.69, 9.17) is 11.6 Å². The zero-order valence-corrected chi connectivity index (χ0v) is 17.2. The number of hydrogen-bond acceptors (Lipinski definition) is 5. The van der Waals surface area contributed by atoms with Crippen LogP contribution >= 0.6 is 22.9 Å². The molecule has 0 saturated carbocycles. The van der Waals surface area contributed by atoms with Gasteiger partial charge in [-0.1, -0.05) is 41.1 Å². The molecule has 3 heterocycles. The van der Waals surface area contributed by atoms with E-state index >= 15 is 0 Å². The van der Waals surface area contributed by atoms with Crippen LogP contribution in [0.15, 0.2) is 48.5 Å². The molecule has 0 unspecified atom stereocenters. The maximum Gasteiger partial charge on any atom is 0.167 e. The molecule has 2 aromatic carbocycles. The number of rotatable bonds is 5. The molecule has 0 aliphatic carbocycles. The van der Waals surface area contributed by atoms with Gasteiger partial charge in [0.05, 0.1) is 0 Å². The summed E-state index contributed by atoms with van der Waals surface area (Å²) >= 11 is 7.85. The van der Waals surface area contributed by atoms with Crippen molar-refractivity contribution in [1.82, 2.24) is 19.9 Å². The Morgan fingerprint density at radius 2 is 1.82 bits per heavy atom. The first kappa shape index (κ1) is 17.9. The Morgan fingerprint density at radius 3 is 2.68 bits per heavy atom. The molecule has 1 aliphatic rings. The first-order chi connectivity index (χ1) is 13.8. The number of piperazine rings is 1. The van der Waals surface area contributed by atoms with Crippen molar-refractivity contribution in [2.24, 2.45) is 0 Å². The van der Waals surface area contributed by atoms with Gasteiger partial charge >= 0.3 is 0 Å². The number of nitrogens with zero attached hydrogens (tertiary/aromatic N) is 5. The van der Waals surface area contributed by atoms with Crippen molar-refractivity contribution >= 4 is 49.1 Å². The zero-order valence-electron chi connectivity index (χ0n) is 15.6. The van der Waals surface area contributed by atoms with Gasteiger partial charge in [-0.2, -0.15) is 0 Å². The number of halogens is 1. The van der Waals surface area contributed by atoms with E-state index in [9.17, 15) is 0 Å². The van der Waals surface area contributed by atoms with Gasteiger partial charge in [0.25, 0.3) is 0 Å². The van der Waals surface area contributed by atoms with Crippen molar-refractivity contribution in [2.75, 3.05) is 37.6 Å². The molecule has 0 N–H and O–H groups in total. The maximum absolute atomic E-state index is 6.13. The third-order valence-electron chi connectivity index (χ3n) is 5.44. The molecule has 1 saturated heterocycles. The van der Waals surface area contributed by atoms with Crippen LogP contribution in [0.5, 0.6) is 0 Å². The number of benzene rings is 2. The van der Waals surface area contributed by atoms with Crippen LogP contribution in [0.2, 0.25) is 5.02 Å². The van der Waals surface area contributed by atoms with E-state index in [2.05, 4.69) is 61.2 Å². The van der Waals surface area contributed by atoms with E-state index in [0.29, 0.717) is 0 Å². The lowest BCUT2D eigenvalue weighted by Gasteiger charge is -2.36. The van der Waals surface area contributed by atoms with E-state index in [1.54, 1.807) is 11.3 Å². The van der Waals surface area contributed by atoms with Crippen LogP contribution < -0.4 is 4.90 Å². The van der Waals surface area contributed by atoms with Gasteiger partial charge in [0, 0.05) is 60.1 Å². The summed E-state index contributed by atoms with van der Waals surface area (Å²) in [6.07, 6.45) is 1.08. The van der Waals surface area contributed by atoms with Crippen molar-refractivity contribution < 1.29 is 0 Å². The van der Waals surface area contributed by atoms with Gasteiger partial charge in [-0.15, -0.1) is 16.4 Å². The molecule has 2 aromatic heterocycles. The minimum atomic E-state index is 0.806. The average molecular weight is 412 g/mol. The van der Waals surface area contributed by atoms with Gasteiger partial charge in [0.1, 0.15) is 5.52 Å². The van der Waals surface area contributed by atoms with Gasteiger partial charge in [0.15, 0.2) is 4.83 Å². The highest BCUT2D eigenvalue weighted by Gasteiger charge is 2.17. The summed E-state index contributed by atoms with van der Waals surface area (Å²) in [5.74, 6) is 0. The molecule has 1 fully saturated rings. The third-order valence-corrected chi connectivity index (χ3v) is 6.72. The summed E-state index contributed by atoms with van der Waals surface area (Å²) in [7, 11) is 0. The second-order valence-corrected chi connectivity index (χ2v) is 8.69. The first-order valence-electron chi connectivity index (χ1n) is 9.71. The Hall–Kier alpha value is -2.15. The monoisotopic (exact) mass is 411 g/mol. The predicted octanol–water partition coefficient (Wildman–Crippen LogP) is 4.51. The van der Waals surface area contributed by atoms with Crippen molar-refractivity contribution in [1.29, 1.82) is 0 Å². The van der Waals surface area contributed by atoms with E-state index < -0.39 is 0 Å². The predicted molar refractivity (Wildman–Crippen MR) is 118 cm³/mol. The van der Waals surface area contributed by atoms with Crippen molar-refractivity contribution in [3.63, 3.8) is 0 Å². The molecule has 5 nitrogen and oxygen atoms in total. The molecule has 4 aromatic rings. The molecule has 0 atom stereocenters.